The Morgan fingerprint density at radius 1 is 1.06 bits per heavy atom. The fourth-order valence-electron chi connectivity index (χ4n) is 5.14. The van der Waals surface area contributed by atoms with Crippen LogP contribution >= 0.6 is 0 Å². The van der Waals surface area contributed by atoms with Crippen molar-refractivity contribution in [1.82, 2.24) is 15.6 Å². The number of carbonyl (C=O) groups excluding carboxylic acids is 3. The van der Waals surface area contributed by atoms with Crippen LogP contribution in [-0.4, -0.2) is 35.9 Å². The first-order valence-corrected chi connectivity index (χ1v) is 12.7. The Morgan fingerprint density at radius 3 is 2.58 bits per heavy atom. The standard InChI is InChI=1S/C29H35N3O4/c1-18(2)14-20(16-27(33)36-3)28(34)32-26(15-21-17-30-24-11-7-6-10-23(21)24)29(35)31-25-13-12-19-8-4-5-9-22(19)25/h4-11,17-18,20,25-26,30H,12-16H2,1-3H3,(H,31,35)(H,32,34)/t20-,25+,26+/m1/s1. The smallest absolute Gasteiger partial charge is 0.306 e. The van der Waals surface area contributed by atoms with Crippen molar-refractivity contribution in [2.75, 3.05) is 7.11 Å². The highest BCUT2D eigenvalue weighted by molar-refractivity contribution is 5.91. The van der Waals surface area contributed by atoms with E-state index in [1.54, 1.807) is 0 Å². The summed E-state index contributed by atoms with van der Waals surface area (Å²) in [7, 11) is 1.32. The summed E-state index contributed by atoms with van der Waals surface area (Å²) in [5, 5.41) is 7.17. The molecule has 1 aromatic heterocycles. The minimum absolute atomic E-state index is 0.0159. The van der Waals surface area contributed by atoms with Crippen LogP contribution in [0.15, 0.2) is 54.7 Å². The van der Waals surface area contributed by atoms with Gasteiger partial charge in [-0.25, -0.2) is 0 Å². The van der Waals surface area contributed by atoms with Gasteiger partial charge in [-0.15, -0.1) is 0 Å². The second kappa shape index (κ2) is 11.4. The fourth-order valence-corrected chi connectivity index (χ4v) is 5.14. The molecule has 3 atom stereocenters. The Bertz CT molecular complexity index is 1230. The van der Waals surface area contributed by atoms with E-state index in [0.29, 0.717) is 12.8 Å². The molecular formula is C29H35N3O4. The molecule has 2 amide bonds. The first-order chi connectivity index (χ1) is 17.4. The fraction of sp³-hybridized carbons (Fsp3) is 0.414. The molecule has 0 fully saturated rings. The molecule has 0 unspecified atom stereocenters. The van der Waals surface area contributed by atoms with E-state index in [2.05, 4.69) is 27.8 Å². The average molecular weight is 490 g/mol. The predicted molar refractivity (Wildman–Crippen MR) is 139 cm³/mol. The second-order valence-electron chi connectivity index (χ2n) is 10.0. The lowest BCUT2D eigenvalue weighted by atomic mass is 9.92. The van der Waals surface area contributed by atoms with Crippen LogP contribution < -0.4 is 10.6 Å². The molecule has 1 heterocycles. The number of hydrogen-bond acceptors (Lipinski definition) is 4. The number of benzene rings is 2. The second-order valence-corrected chi connectivity index (χ2v) is 10.0. The summed E-state index contributed by atoms with van der Waals surface area (Å²) >= 11 is 0. The number of esters is 1. The number of rotatable bonds is 10. The van der Waals surface area contributed by atoms with Crippen LogP contribution in [-0.2, 0) is 32.0 Å². The van der Waals surface area contributed by atoms with Crippen molar-refractivity contribution < 1.29 is 19.1 Å². The van der Waals surface area contributed by atoms with Crippen molar-refractivity contribution in [2.24, 2.45) is 11.8 Å². The molecule has 36 heavy (non-hydrogen) atoms. The number of amides is 2. The number of fused-ring (bicyclic) bond motifs is 2. The lowest BCUT2D eigenvalue weighted by molar-refractivity contribution is -0.144. The van der Waals surface area contributed by atoms with Gasteiger partial charge in [-0.2, -0.15) is 0 Å². The first-order valence-electron chi connectivity index (χ1n) is 12.7. The van der Waals surface area contributed by atoms with E-state index in [4.69, 9.17) is 4.74 Å². The van der Waals surface area contributed by atoms with Crippen LogP contribution in [0.25, 0.3) is 10.9 Å². The van der Waals surface area contributed by atoms with E-state index in [-0.39, 0.29) is 30.2 Å². The Morgan fingerprint density at radius 2 is 1.81 bits per heavy atom. The molecule has 0 saturated heterocycles. The van der Waals surface area contributed by atoms with E-state index in [1.807, 2.05) is 56.4 Å². The summed E-state index contributed by atoms with van der Waals surface area (Å²) in [5.74, 6) is -1.32. The van der Waals surface area contributed by atoms with Gasteiger partial charge in [-0.05, 0) is 47.9 Å². The Balaban J connectivity index is 1.56. The molecule has 7 heteroatoms. The van der Waals surface area contributed by atoms with Crippen LogP contribution in [0.4, 0.5) is 0 Å². The minimum Gasteiger partial charge on any atom is -0.469 e. The largest absolute Gasteiger partial charge is 0.469 e. The number of carbonyl (C=O) groups is 3. The molecule has 1 aliphatic rings. The molecule has 190 valence electrons. The molecule has 0 saturated carbocycles. The van der Waals surface area contributed by atoms with Crippen LogP contribution in [0.3, 0.4) is 0 Å². The van der Waals surface area contributed by atoms with Gasteiger partial charge >= 0.3 is 5.97 Å². The Labute approximate surface area is 212 Å². The molecular weight excluding hydrogens is 454 g/mol. The van der Waals surface area contributed by atoms with Crippen molar-refractivity contribution in [1.29, 1.82) is 0 Å². The number of methoxy groups -OCH3 is 1. The van der Waals surface area contributed by atoms with Crippen LogP contribution in [0, 0.1) is 11.8 Å². The van der Waals surface area contributed by atoms with Gasteiger partial charge < -0.3 is 20.4 Å². The maximum absolute atomic E-state index is 13.6. The summed E-state index contributed by atoms with van der Waals surface area (Å²) in [4.78, 5) is 42.2. The molecule has 1 aliphatic carbocycles. The predicted octanol–water partition coefficient (Wildman–Crippen LogP) is 4.22. The van der Waals surface area contributed by atoms with Gasteiger partial charge in [-0.3, -0.25) is 14.4 Å². The number of ether oxygens (including phenoxy) is 1. The first kappa shape index (κ1) is 25.5. The van der Waals surface area contributed by atoms with Crippen molar-refractivity contribution in [3.8, 4) is 0 Å². The lowest BCUT2D eigenvalue weighted by Crippen LogP contribution is -2.50. The van der Waals surface area contributed by atoms with Crippen molar-refractivity contribution in [3.05, 3.63) is 71.4 Å². The van der Waals surface area contributed by atoms with Crippen molar-refractivity contribution in [3.63, 3.8) is 0 Å². The van der Waals surface area contributed by atoms with E-state index in [0.717, 1.165) is 34.9 Å². The van der Waals surface area contributed by atoms with Gasteiger partial charge in [0.05, 0.1) is 19.6 Å². The summed E-state index contributed by atoms with van der Waals surface area (Å²) in [6.07, 6.45) is 4.48. The third-order valence-corrected chi connectivity index (χ3v) is 6.95. The number of aromatic nitrogens is 1. The number of hydrogen-bond donors (Lipinski definition) is 3. The van der Waals surface area contributed by atoms with E-state index in [1.165, 1.54) is 12.7 Å². The molecule has 0 radical (unpaired) electrons. The quantitative estimate of drug-likeness (QED) is 0.371. The number of nitrogens with one attached hydrogen (secondary N) is 3. The van der Waals surface area contributed by atoms with Crippen molar-refractivity contribution in [2.45, 2.75) is 58.0 Å². The van der Waals surface area contributed by atoms with Crippen LogP contribution in [0.2, 0.25) is 0 Å². The van der Waals surface area contributed by atoms with Gasteiger partial charge in [0.25, 0.3) is 0 Å². The van der Waals surface area contributed by atoms with E-state index in [9.17, 15) is 14.4 Å². The number of aryl methyl sites for hydroxylation is 1. The molecule has 0 spiro atoms. The van der Waals surface area contributed by atoms with Crippen LogP contribution in [0.1, 0.15) is 55.8 Å². The zero-order valence-electron chi connectivity index (χ0n) is 21.2. The third kappa shape index (κ3) is 5.96. The molecule has 3 aromatic rings. The molecule has 7 nitrogen and oxygen atoms in total. The summed E-state index contributed by atoms with van der Waals surface area (Å²) in [6.45, 7) is 4.01. The molecule has 3 N–H and O–H groups in total. The van der Waals surface area contributed by atoms with Gasteiger partial charge in [0.15, 0.2) is 0 Å². The third-order valence-electron chi connectivity index (χ3n) is 6.95. The zero-order chi connectivity index (χ0) is 25.7. The molecule has 0 aliphatic heterocycles. The minimum atomic E-state index is -0.781. The molecule has 4 rings (SSSR count). The number of para-hydroxylation sites is 1. The molecule has 0 bridgehead atoms. The summed E-state index contributed by atoms with van der Waals surface area (Å²) in [6, 6.07) is 15.2. The average Bonchev–Trinajstić information content (AvgIpc) is 3.47. The molecule has 2 aromatic carbocycles. The Kier molecular flexibility index (Phi) is 8.08. The van der Waals surface area contributed by atoms with Gasteiger partial charge in [0.2, 0.25) is 11.8 Å². The lowest BCUT2D eigenvalue weighted by Gasteiger charge is -2.24. The highest BCUT2D eigenvalue weighted by Crippen LogP contribution is 2.31. The monoisotopic (exact) mass is 489 g/mol. The highest BCUT2D eigenvalue weighted by atomic mass is 16.5. The van der Waals surface area contributed by atoms with Gasteiger partial charge in [0, 0.05) is 29.4 Å². The highest BCUT2D eigenvalue weighted by Gasteiger charge is 2.31. The zero-order valence-corrected chi connectivity index (χ0v) is 21.2. The van der Waals surface area contributed by atoms with E-state index >= 15 is 0 Å². The topological polar surface area (TPSA) is 100 Å². The number of H-pyrrole nitrogens is 1. The SMILES string of the molecule is COC(=O)C[C@@H](CC(C)C)C(=O)N[C@@H](Cc1c[nH]c2ccccc12)C(=O)N[C@H]1CCc2ccccc21. The Hall–Kier alpha value is -3.61. The van der Waals surface area contributed by atoms with Gasteiger partial charge in [-0.1, -0.05) is 56.3 Å². The van der Waals surface area contributed by atoms with Crippen LogP contribution in [0.5, 0.6) is 0 Å². The van der Waals surface area contributed by atoms with Crippen molar-refractivity contribution >= 4 is 28.7 Å². The van der Waals surface area contributed by atoms with E-state index < -0.39 is 17.9 Å². The summed E-state index contributed by atoms with van der Waals surface area (Å²) in [5.41, 5.74) is 4.30. The normalized spacial score (nSPS) is 16.4. The summed E-state index contributed by atoms with van der Waals surface area (Å²) < 4.78 is 4.82. The number of aromatic amines is 1. The maximum atomic E-state index is 13.6. The maximum Gasteiger partial charge on any atom is 0.306 e. The van der Waals surface area contributed by atoms with Gasteiger partial charge in [0.1, 0.15) is 6.04 Å².